The van der Waals surface area contributed by atoms with Crippen LogP contribution in [0.5, 0.6) is 23.0 Å². The summed E-state index contributed by atoms with van der Waals surface area (Å²) in [5.74, 6) is 1.63. The molecule has 0 bridgehead atoms. The predicted octanol–water partition coefficient (Wildman–Crippen LogP) is 2.53. The van der Waals surface area contributed by atoms with Crippen molar-refractivity contribution in [2.75, 3.05) is 42.0 Å². The number of carbonyl (C=O) groups is 1. The first-order valence-corrected chi connectivity index (χ1v) is 8.32. The number of carbonyl (C=O) groups excluding carboxylic acids is 1. The Labute approximate surface area is 159 Å². The molecule has 2 aromatic carbocycles. The van der Waals surface area contributed by atoms with Crippen LogP contribution in [0.1, 0.15) is 22.0 Å². The highest BCUT2D eigenvalue weighted by atomic mass is 16.5. The van der Waals surface area contributed by atoms with E-state index in [0.717, 1.165) is 0 Å². The van der Waals surface area contributed by atoms with Crippen LogP contribution in [0.2, 0.25) is 0 Å². The van der Waals surface area contributed by atoms with E-state index in [1.54, 1.807) is 50.6 Å². The summed E-state index contributed by atoms with van der Waals surface area (Å²) in [4.78, 5) is 14.2. The quantitative estimate of drug-likeness (QED) is 0.764. The average molecular weight is 375 g/mol. The Balaban J connectivity index is 2.18. The Morgan fingerprint density at radius 2 is 1.52 bits per heavy atom. The van der Waals surface area contributed by atoms with E-state index in [-0.39, 0.29) is 12.5 Å². The van der Waals surface area contributed by atoms with Crippen molar-refractivity contribution in [2.24, 2.45) is 0 Å². The number of methoxy groups -OCH3 is 4. The summed E-state index contributed by atoms with van der Waals surface area (Å²) in [6, 6.07) is 10.2. The van der Waals surface area contributed by atoms with E-state index in [0.29, 0.717) is 34.1 Å². The predicted molar refractivity (Wildman–Crippen MR) is 101 cm³/mol. The number of nitrogens with zero attached hydrogens (tertiary/aromatic N) is 1. The molecule has 0 aliphatic rings. The third-order valence-electron chi connectivity index (χ3n) is 4.21. The summed E-state index contributed by atoms with van der Waals surface area (Å²) in [5.41, 5.74) is 1.06. The van der Waals surface area contributed by atoms with Gasteiger partial charge in [-0.1, -0.05) is 12.1 Å². The van der Waals surface area contributed by atoms with Gasteiger partial charge >= 0.3 is 0 Å². The lowest BCUT2D eigenvalue weighted by molar-refractivity contribution is 0.0680. The van der Waals surface area contributed by atoms with E-state index < -0.39 is 6.10 Å². The standard InChI is InChI=1S/C20H25NO6/c1-21(12-16(22)13-6-8-15(24-2)9-7-13)20(23)14-10-17(25-3)19(27-5)18(11-14)26-4/h6-11,16,22H,12H2,1-5H3. The highest BCUT2D eigenvalue weighted by molar-refractivity contribution is 5.95. The van der Waals surface area contributed by atoms with Crippen LogP contribution in [0.4, 0.5) is 0 Å². The molecule has 0 saturated heterocycles. The van der Waals surface area contributed by atoms with Gasteiger partial charge in [-0.2, -0.15) is 0 Å². The van der Waals surface area contributed by atoms with Crippen molar-refractivity contribution in [1.82, 2.24) is 4.90 Å². The molecule has 0 aliphatic heterocycles. The molecule has 0 radical (unpaired) electrons. The van der Waals surface area contributed by atoms with Crippen LogP contribution in [-0.4, -0.2) is 57.9 Å². The zero-order chi connectivity index (χ0) is 20.0. The topological polar surface area (TPSA) is 77.5 Å². The highest BCUT2D eigenvalue weighted by Gasteiger charge is 2.21. The number of hydrogen-bond acceptors (Lipinski definition) is 6. The Kier molecular flexibility index (Phi) is 6.90. The molecule has 1 atom stereocenters. The molecule has 1 N–H and O–H groups in total. The SMILES string of the molecule is COc1ccc(C(O)CN(C)C(=O)c2cc(OC)c(OC)c(OC)c2)cc1. The van der Waals surface area contributed by atoms with E-state index in [9.17, 15) is 9.90 Å². The Morgan fingerprint density at radius 3 is 1.96 bits per heavy atom. The van der Waals surface area contributed by atoms with Gasteiger partial charge in [0.25, 0.3) is 5.91 Å². The minimum Gasteiger partial charge on any atom is -0.497 e. The molecule has 1 unspecified atom stereocenters. The largest absolute Gasteiger partial charge is 0.497 e. The first-order valence-electron chi connectivity index (χ1n) is 8.32. The lowest BCUT2D eigenvalue weighted by atomic mass is 10.1. The number of aliphatic hydroxyl groups is 1. The molecular formula is C20H25NO6. The van der Waals surface area contributed by atoms with Crippen molar-refractivity contribution in [2.45, 2.75) is 6.10 Å². The maximum absolute atomic E-state index is 12.8. The van der Waals surface area contributed by atoms with Crippen molar-refractivity contribution < 1.29 is 28.8 Å². The molecule has 0 heterocycles. The first kappa shape index (κ1) is 20.4. The maximum atomic E-state index is 12.8. The molecule has 2 aromatic rings. The number of ether oxygens (including phenoxy) is 4. The van der Waals surface area contributed by atoms with Crippen LogP contribution < -0.4 is 18.9 Å². The molecule has 146 valence electrons. The molecule has 0 saturated carbocycles. The Bertz CT molecular complexity index is 750. The molecular weight excluding hydrogens is 350 g/mol. The number of benzene rings is 2. The van der Waals surface area contributed by atoms with E-state index >= 15 is 0 Å². The van der Waals surface area contributed by atoms with Gasteiger partial charge in [-0.3, -0.25) is 4.79 Å². The van der Waals surface area contributed by atoms with Gasteiger partial charge in [0.05, 0.1) is 41.1 Å². The van der Waals surface area contributed by atoms with Crippen molar-refractivity contribution in [1.29, 1.82) is 0 Å². The van der Waals surface area contributed by atoms with Gasteiger partial charge in [0.1, 0.15) is 5.75 Å². The van der Waals surface area contributed by atoms with Gasteiger partial charge in [-0.25, -0.2) is 0 Å². The number of aliphatic hydroxyl groups excluding tert-OH is 1. The average Bonchev–Trinajstić information content (AvgIpc) is 2.71. The molecule has 0 aliphatic carbocycles. The molecule has 0 aromatic heterocycles. The molecule has 7 nitrogen and oxygen atoms in total. The van der Waals surface area contributed by atoms with E-state index in [4.69, 9.17) is 18.9 Å². The summed E-state index contributed by atoms with van der Waals surface area (Å²) in [5, 5.41) is 10.4. The highest BCUT2D eigenvalue weighted by Crippen LogP contribution is 2.38. The second-order valence-electron chi connectivity index (χ2n) is 5.89. The van der Waals surface area contributed by atoms with E-state index in [1.807, 2.05) is 0 Å². The summed E-state index contributed by atoms with van der Waals surface area (Å²) in [6.45, 7) is 0.127. The first-order chi connectivity index (χ1) is 12.9. The van der Waals surface area contributed by atoms with E-state index in [1.165, 1.54) is 26.2 Å². The zero-order valence-corrected chi connectivity index (χ0v) is 16.2. The summed E-state index contributed by atoms with van der Waals surface area (Å²) < 4.78 is 20.9. The van der Waals surface area contributed by atoms with Crippen LogP contribution in [0.25, 0.3) is 0 Å². The fourth-order valence-corrected chi connectivity index (χ4v) is 2.70. The number of amides is 1. The van der Waals surface area contributed by atoms with Crippen molar-refractivity contribution in [3.63, 3.8) is 0 Å². The van der Waals surface area contributed by atoms with Gasteiger partial charge in [0, 0.05) is 12.6 Å². The van der Waals surface area contributed by atoms with Gasteiger partial charge in [0.2, 0.25) is 5.75 Å². The van der Waals surface area contributed by atoms with Crippen molar-refractivity contribution >= 4 is 5.91 Å². The van der Waals surface area contributed by atoms with Gasteiger partial charge < -0.3 is 29.0 Å². The summed E-state index contributed by atoms with van der Waals surface area (Å²) in [6.07, 6.45) is -0.827. The second-order valence-corrected chi connectivity index (χ2v) is 5.89. The normalized spacial score (nSPS) is 11.5. The Hall–Kier alpha value is -2.93. The monoisotopic (exact) mass is 375 g/mol. The fraction of sp³-hybridized carbons (Fsp3) is 0.350. The third-order valence-corrected chi connectivity index (χ3v) is 4.21. The lowest BCUT2D eigenvalue weighted by Gasteiger charge is -2.22. The Morgan fingerprint density at radius 1 is 0.963 bits per heavy atom. The molecule has 27 heavy (non-hydrogen) atoms. The van der Waals surface area contributed by atoms with Crippen LogP contribution in [0.3, 0.4) is 0 Å². The van der Waals surface area contributed by atoms with Crippen LogP contribution in [0.15, 0.2) is 36.4 Å². The van der Waals surface area contributed by atoms with Crippen LogP contribution in [0, 0.1) is 0 Å². The van der Waals surface area contributed by atoms with E-state index in [2.05, 4.69) is 0 Å². The van der Waals surface area contributed by atoms with Crippen LogP contribution >= 0.6 is 0 Å². The number of likely N-dealkylation sites (N-methyl/N-ethyl adjacent to an activating group) is 1. The second kappa shape index (κ2) is 9.14. The van der Waals surface area contributed by atoms with Gasteiger partial charge in [0.15, 0.2) is 11.5 Å². The zero-order valence-electron chi connectivity index (χ0n) is 16.2. The van der Waals surface area contributed by atoms with Crippen LogP contribution in [-0.2, 0) is 0 Å². The smallest absolute Gasteiger partial charge is 0.253 e. The van der Waals surface area contributed by atoms with Gasteiger partial charge in [-0.15, -0.1) is 0 Å². The number of rotatable bonds is 8. The van der Waals surface area contributed by atoms with Gasteiger partial charge in [-0.05, 0) is 29.8 Å². The maximum Gasteiger partial charge on any atom is 0.253 e. The van der Waals surface area contributed by atoms with Crippen molar-refractivity contribution in [3.8, 4) is 23.0 Å². The molecule has 0 fully saturated rings. The summed E-state index contributed by atoms with van der Waals surface area (Å²) >= 11 is 0. The molecule has 7 heteroatoms. The summed E-state index contributed by atoms with van der Waals surface area (Å²) in [7, 11) is 7.68. The fourth-order valence-electron chi connectivity index (χ4n) is 2.70. The lowest BCUT2D eigenvalue weighted by Crippen LogP contribution is -2.31. The molecule has 2 rings (SSSR count). The van der Waals surface area contributed by atoms with Crippen molar-refractivity contribution in [3.05, 3.63) is 47.5 Å². The molecule has 0 spiro atoms. The third kappa shape index (κ3) is 4.62. The molecule has 1 amide bonds. The minimum absolute atomic E-state index is 0.127. The number of hydrogen-bond donors (Lipinski definition) is 1. The minimum atomic E-state index is -0.827.